The summed E-state index contributed by atoms with van der Waals surface area (Å²) < 4.78 is 85.8. The lowest BCUT2D eigenvalue weighted by Gasteiger charge is -2.27. The van der Waals surface area contributed by atoms with E-state index in [4.69, 9.17) is 0 Å². The molecule has 0 saturated heterocycles. The molecule has 0 aromatic carbocycles. The summed E-state index contributed by atoms with van der Waals surface area (Å²) in [6.07, 6.45) is -6.10. The van der Waals surface area contributed by atoms with Gasteiger partial charge in [0.05, 0.1) is 0 Å². The van der Waals surface area contributed by atoms with Gasteiger partial charge in [0.25, 0.3) is 0 Å². The molecule has 0 aromatic rings. The number of rotatable bonds is 4. The fraction of sp³-hybridized carbons (Fsp3) is 0.750. The molecule has 0 saturated carbocycles. The van der Waals surface area contributed by atoms with Crippen molar-refractivity contribution in [3.05, 3.63) is 0 Å². The Balaban J connectivity index is 4.92. The van der Waals surface area contributed by atoms with Gasteiger partial charge in [-0.05, 0) is 18.6 Å². The van der Waals surface area contributed by atoms with E-state index in [-0.39, 0.29) is 6.54 Å². The summed E-state index contributed by atoms with van der Waals surface area (Å²) in [6, 6.07) is 0. The summed E-state index contributed by atoms with van der Waals surface area (Å²) in [7, 11) is 0. The van der Waals surface area contributed by atoms with Crippen LogP contribution in [0.3, 0.4) is 0 Å². The molecule has 11 heteroatoms. The van der Waals surface area contributed by atoms with Gasteiger partial charge in [0.1, 0.15) is 0 Å². The number of alkyl halides is 7. The van der Waals surface area contributed by atoms with E-state index in [1.54, 1.807) is 6.92 Å². The predicted octanol–water partition coefficient (Wildman–Crippen LogP) is 2.22. The summed E-state index contributed by atoms with van der Waals surface area (Å²) in [4.78, 5) is 10.8. The van der Waals surface area contributed by atoms with Crippen molar-refractivity contribution in [2.45, 2.75) is 31.4 Å². The first-order chi connectivity index (χ1) is 8.38. The summed E-state index contributed by atoms with van der Waals surface area (Å²) in [6.45, 7) is 1.77. The molecular formula is C8H9F7N2OS. The van der Waals surface area contributed by atoms with E-state index in [0.717, 1.165) is 5.32 Å². The molecule has 0 aromatic heterocycles. The number of thiocarbonyl (C=S) groups is 1. The number of hydrogen-bond donors (Lipinski definition) is 2. The van der Waals surface area contributed by atoms with Gasteiger partial charge in [-0.25, -0.2) is 0 Å². The van der Waals surface area contributed by atoms with Gasteiger partial charge in [0, 0.05) is 6.54 Å². The fourth-order valence-corrected chi connectivity index (χ4v) is 0.980. The average Bonchev–Trinajstić information content (AvgIpc) is 2.24. The minimum absolute atomic E-state index is 0.125. The zero-order valence-electron chi connectivity index (χ0n) is 9.38. The maximum atomic E-state index is 12.8. The van der Waals surface area contributed by atoms with E-state index in [9.17, 15) is 35.5 Å². The highest BCUT2D eigenvalue weighted by Crippen LogP contribution is 2.46. The molecule has 0 unspecified atom stereocenters. The molecule has 0 aliphatic heterocycles. The van der Waals surface area contributed by atoms with Gasteiger partial charge >= 0.3 is 23.9 Å². The van der Waals surface area contributed by atoms with Crippen molar-refractivity contribution < 1.29 is 35.5 Å². The molecule has 0 heterocycles. The lowest BCUT2D eigenvalue weighted by molar-refractivity contribution is -0.343. The van der Waals surface area contributed by atoms with E-state index in [2.05, 4.69) is 17.5 Å². The summed E-state index contributed by atoms with van der Waals surface area (Å²) in [5.41, 5.74) is 0. The second kappa shape index (κ2) is 5.88. The minimum Gasteiger partial charge on any atom is -0.362 e. The molecular weight excluding hydrogens is 305 g/mol. The van der Waals surface area contributed by atoms with Crippen LogP contribution in [0.2, 0.25) is 0 Å². The van der Waals surface area contributed by atoms with Crippen LogP contribution in [0, 0.1) is 0 Å². The Bertz CT molecular complexity index is 355. The molecule has 1 amide bonds. The normalized spacial score (nSPS) is 13.1. The van der Waals surface area contributed by atoms with Gasteiger partial charge in [-0.1, -0.05) is 6.92 Å². The largest absolute Gasteiger partial charge is 0.460 e. The van der Waals surface area contributed by atoms with Gasteiger partial charge in [-0.2, -0.15) is 30.7 Å². The number of carbonyl (C=O) groups is 1. The number of nitrogens with one attached hydrogen (secondary N) is 2. The Morgan fingerprint density at radius 3 is 1.95 bits per heavy atom. The number of hydrogen-bond acceptors (Lipinski definition) is 2. The molecule has 0 rings (SSSR count). The standard InChI is InChI=1S/C8H9F7N2OS/c1-2-3-16-5(19)17-4(18)6(9,10)7(11,12)8(13,14)15/h2-3H2,1H3,(H2,16,17,18,19). The van der Waals surface area contributed by atoms with Gasteiger partial charge < -0.3 is 5.32 Å². The lowest BCUT2D eigenvalue weighted by atomic mass is 10.1. The predicted molar refractivity (Wildman–Crippen MR) is 55.0 cm³/mol. The quantitative estimate of drug-likeness (QED) is 0.617. The van der Waals surface area contributed by atoms with E-state index in [1.165, 1.54) is 0 Å². The topological polar surface area (TPSA) is 41.1 Å². The summed E-state index contributed by atoms with van der Waals surface area (Å²) in [5.74, 6) is -15.3. The SMILES string of the molecule is CCCNC(=S)NC(=O)C(F)(F)C(F)(F)C(F)(F)F. The molecule has 0 atom stereocenters. The van der Waals surface area contributed by atoms with Crippen LogP contribution in [0.5, 0.6) is 0 Å². The van der Waals surface area contributed by atoms with Crippen molar-refractivity contribution in [2.75, 3.05) is 6.54 Å². The Labute approximate surface area is 108 Å². The molecule has 0 aliphatic rings. The van der Waals surface area contributed by atoms with Crippen molar-refractivity contribution in [2.24, 2.45) is 0 Å². The first kappa shape index (κ1) is 17.9. The van der Waals surface area contributed by atoms with Crippen molar-refractivity contribution in [3.63, 3.8) is 0 Å². The van der Waals surface area contributed by atoms with E-state index >= 15 is 0 Å². The maximum Gasteiger partial charge on any atom is 0.460 e. The Morgan fingerprint density at radius 2 is 1.58 bits per heavy atom. The summed E-state index contributed by atoms with van der Waals surface area (Å²) in [5, 5.41) is 2.49. The highest BCUT2D eigenvalue weighted by molar-refractivity contribution is 7.80. The third-order valence-corrected chi connectivity index (χ3v) is 2.04. The van der Waals surface area contributed by atoms with Crippen LogP contribution < -0.4 is 10.6 Å². The van der Waals surface area contributed by atoms with Crippen LogP contribution in [0.15, 0.2) is 0 Å². The van der Waals surface area contributed by atoms with E-state index in [0.29, 0.717) is 6.42 Å². The average molecular weight is 314 g/mol. The smallest absolute Gasteiger partial charge is 0.362 e. The molecule has 3 nitrogen and oxygen atoms in total. The highest BCUT2D eigenvalue weighted by Gasteiger charge is 2.76. The van der Waals surface area contributed by atoms with E-state index < -0.39 is 29.0 Å². The molecule has 0 bridgehead atoms. The van der Waals surface area contributed by atoms with Crippen LogP contribution >= 0.6 is 12.2 Å². The first-order valence-electron chi connectivity index (χ1n) is 4.79. The second-order valence-electron chi connectivity index (χ2n) is 3.36. The Morgan fingerprint density at radius 1 is 1.11 bits per heavy atom. The van der Waals surface area contributed by atoms with Crippen molar-refractivity contribution >= 4 is 23.2 Å². The van der Waals surface area contributed by atoms with Crippen LogP contribution in [-0.2, 0) is 4.79 Å². The molecule has 0 radical (unpaired) electrons. The molecule has 0 spiro atoms. The van der Waals surface area contributed by atoms with Crippen molar-refractivity contribution in [1.82, 2.24) is 10.6 Å². The van der Waals surface area contributed by atoms with Gasteiger partial charge in [0.2, 0.25) is 0 Å². The van der Waals surface area contributed by atoms with E-state index in [1.807, 2.05) is 0 Å². The number of amides is 1. The fourth-order valence-electron chi connectivity index (χ4n) is 0.785. The van der Waals surface area contributed by atoms with Crippen molar-refractivity contribution in [1.29, 1.82) is 0 Å². The van der Waals surface area contributed by atoms with Crippen LogP contribution in [-0.4, -0.2) is 35.6 Å². The zero-order valence-corrected chi connectivity index (χ0v) is 10.2. The van der Waals surface area contributed by atoms with Crippen LogP contribution in [0.1, 0.15) is 13.3 Å². The molecule has 19 heavy (non-hydrogen) atoms. The summed E-state index contributed by atoms with van der Waals surface area (Å²) >= 11 is 4.28. The second-order valence-corrected chi connectivity index (χ2v) is 3.76. The number of carbonyl (C=O) groups excluding carboxylic acids is 1. The van der Waals surface area contributed by atoms with Gasteiger partial charge in [0.15, 0.2) is 5.11 Å². The maximum absolute atomic E-state index is 12.8. The molecule has 2 N–H and O–H groups in total. The van der Waals surface area contributed by atoms with Gasteiger partial charge in [-0.3, -0.25) is 10.1 Å². The Hall–Kier alpha value is -1.13. The number of halogens is 7. The highest BCUT2D eigenvalue weighted by atomic mass is 32.1. The molecule has 112 valence electrons. The monoisotopic (exact) mass is 314 g/mol. The van der Waals surface area contributed by atoms with Gasteiger partial charge in [-0.15, -0.1) is 0 Å². The third kappa shape index (κ3) is 3.91. The van der Waals surface area contributed by atoms with Crippen molar-refractivity contribution in [3.8, 4) is 0 Å². The molecule has 0 fully saturated rings. The lowest BCUT2D eigenvalue weighted by Crippen LogP contribution is -2.60. The van der Waals surface area contributed by atoms with Crippen LogP contribution in [0.25, 0.3) is 0 Å². The van der Waals surface area contributed by atoms with Crippen LogP contribution in [0.4, 0.5) is 30.7 Å². The first-order valence-corrected chi connectivity index (χ1v) is 5.20. The zero-order chi connectivity index (χ0) is 15.5. The Kier molecular flexibility index (Phi) is 5.53. The molecule has 0 aliphatic carbocycles. The minimum atomic E-state index is -6.56. The third-order valence-electron chi connectivity index (χ3n) is 1.80.